The molecule has 0 heterocycles. The normalized spacial score (nSPS) is 14.2. The summed E-state index contributed by atoms with van der Waals surface area (Å²) in [5.41, 5.74) is 1.72. The maximum absolute atomic E-state index is 12.2. The van der Waals surface area contributed by atoms with Crippen molar-refractivity contribution in [2.75, 3.05) is 18.9 Å². The highest BCUT2D eigenvalue weighted by Gasteiger charge is 2.19. The van der Waals surface area contributed by atoms with Gasteiger partial charge in [0, 0.05) is 40.6 Å². The zero-order valence-electron chi connectivity index (χ0n) is 15.2. The van der Waals surface area contributed by atoms with Crippen LogP contribution < -0.4 is 5.32 Å². The molecule has 0 aromatic heterocycles. The molecule has 1 rings (SSSR count). The summed E-state index contributed by atoms with van der Waals surface area (Å²) in [5, 5.41) is 2.91. The van der Waals surface area contributed by atoms with Gasteiger partial charge < -0.3 is 10.2 Å². The second-order valence-corrected chi connectivity index (χ2v) is 9.33. The molecule has 23 heavy (non-hydrogen) atoms. The van der Waals surface area contributed by atoms with Gasteiger partial charge in [0.15, 0.2) is 0 Å². The first-order valence-corrected chi connectivity index (χ1v) is 9.45. The van der Waals surface area contributed by atoms with Gasteiger partial charge in [0.2, 0.25) is 0 Å². The van der Waals surface area contributed by atoms with E-state index in [2.05, 4.69) is 19.2 Å². The number of nitrogens with one attached hydrogen (secondary N) is 1. The van der Waals surface area contributed by atoms with Gasteiger partial charge in [-0.3, -0.25) is 4.21 Å². The van der Waals surface area contributed by atoms with Crippen molar-refractivity contribution in [1.82, 2.24) is 4.90 Å². The number of urea groups is 1. The molecular weight excluding hydrogens is 308 g/mol. The Morgan fingerprint density at radius 1 is 1.35 bits per heavy atom. The summed E-state index contributed by atoms with van der Waals surface area (Å²) >= 11 is 0. The van der Waals surface area contributed by atoms with Crippen LogP contribution in [0.3, 0.4) is 0 Å². The maximum Gasteiger partial charge on any atom is 0.321 e. The first-order valence-electron chi connectivity index (χ1n) is 8.13. The number of amides is 2. The van der Waals surface area contributed by atoms with Gasteiger partial charge in [-0.05, 0) is 44.4 Å². The minimum absolute atomic E-state index is 0.112. The Balaban J connectivity index is 2.70. The summed E-state index contributed by atoms with van der Waals surface area (Å²) in [6, 6.07) is 7.48. The van der Waals surface area contributed by atoms with Gasteiger partial charge in [0.25, 0.3) is 0 Å². The minimum atomic E-state index is -0.950. The third kappa shape index (κ3) is 6.73. The molecule has 0 fully saturated rings. The first kappa shape index (κ1) is 19.7. The van der Waals surface area contributed by atoms with E-state index < -0.39 is 10.8 Å². The van der Waals surface area contributed by atoms with Crippen molar-refractivity contribution in [2.45, 2.75) is 51.5 Å². The van der Waals surface area contributed by atoms with Crippen molar-refractivity contribution in [2.24, 2.45) is 5.92 Å². The van der Waals surface area contributed by atoms with E-state index in [0.717, 1.165) is 24.2 Å². The van der Waals surface area contributed by atoms with E-state index in [9.17, 15) is 9.00 Å². The fourth-order valence-electron chi connectivity index (χ4n) is 2.01. The average molecular weight is 339 g/mol. The molecule has 0 aliphatic heterocycles. The fraction of sp³-hybridized carbons (Fsp3) is 0.611. The molecule has 1 N–H and O–H groups in total. The smallest absolute Gasteiger partial charge is 0.321 e. The zero-order chi connectivity index (χ0) is 17.6. The van der Waals surface area contributed by atoms with Gasteiger partial charge in [-0.25, -0.2) is 4.79 Å². The van der Waals surface area contributed by atoms with Crippen molar-refractivity contribution >= 4 is 22.5 Å². The SMILES string of the molecule is CC[C@H](C)CN(C)C(=O)Nc1cccc(C[S@](=O)C(C)(C)C)c1. The quantitative estimate of drug-likeness (QED) is 0.843. The summed E-state index contributed by atoms with van der Waals surface area (Å²) in [6.07, 6.45) is 1.05. The van der Waals surface area contributed by atoms with Crippen LogP contribution in [-0.4, -0.2) is 33.5 Å². The minimum Gasteiger partial charge on any atom is -0.327 e. The Bertz CT molecular complexity index is 552. The molecule has 130 valence electrons. The molecule has 0 bridgehead atoms. The molecule has 2 amide bonds. The van der Waals surface area contributed by atoms with Gasteiger partial charge in [0.1, 0.15) is 0 Å². The lowest BCUT2D eigenvalue weighted by atomic mass is 10.1. The predicted octanol–water partition coefficient (Wildman–Crippen LogP) is 4.24. The summed E-state index contributed by atoms with van der Waals surface area (Å²) in [4.78, 5) is 13.9. The largest absolute Gasteiger partial charge is 0.327 e. The molecule has 0 spiro atoms. The lowest BCUT2D eigenvalue weighted by Crippen LogP contribution is -2.34. The summed E-state index contributed by atoms with van der Waals surface area (Å²) in [5.74, 6) is 0.974. The van der Waals surface area contributed by atoms with E-state index in [1.807, 2.05) is 45.0 Å². The van der Waals surface area contributed by atoms with Gasteiger partial charge >= 0.3 is 6.03 Å². The highest BCUT2D eigenvalue weighted by atomic mass is 32.2. The monoisotopic (exact) mass is 338 g/mol. The molecule has 5 heteroatoms. The van der Waals surface area contributed by atoms with Gasteiger partial charge in [-0.15, -0.1) is 0 Å². The zero-order valence-corrected chi connectivity index (χ0v) is 16.0. The Morgan fingerprint density at radius 3 is 2.57 bits per heavy atom. The van der Waals surface area contributed by atoms with Crippen molar-refractivity contribution in [3.8, 4) is 0 Å². The van der Waals surface area contributed by atoms with Crippen molar-refractivity contribution < 1.29 is 9.00 Å². The second kappa shape index (κ2) is 8.48. The number of anilines is 1. The Labute approximate surface area is 143 Å². The van der Waals surface area contributed by atoms with E-state index in [1.54, 1.807) is 11.9 Å². The van der Waals surface area contributed by atoms with Crippen LogP contribution in [0.4, 0.5) is 10.5 Å². The topological polar surface area (TPSA) is 49.4 Å². The maximum atomic E-state index is 12.2. The molecule has 0 radical (unpaired) electrons. The van der Waals surface area contributed by atoms with Gasteiger partial charge in [-0.1, -0.05) is 32.4 Å². The third-order valence-electron chi connectivity index (χ3n) is 3.79. The molecule has 0 aliphatic carbocycles. The number of carbonyl (C=O) groups is 1. The Morgan fingerprint density at radius 2 is 2.00 bits per heavy atom. The van der Waals surface area contributed by atoms with Crippen molar-refractivity contribution in [3.63, 3.8) is 0 Å². The van der Waals surface area contributed by atoms with Crippen LogP contribution in [0.5, 0.6) is 0 Å². The predicted molar refractivity (Wildman–Crippen MR) is 99.1 cm³/mol. The number of hydrogen-bond acceptors (Lipinski definition) is 2. The molecule has 1 aromatic carbocycles. The average Bonchev–Trinajstić information content (AvgIpc) is 2.46. The Kier molecular flexibility index (Phi) is 7.26. The molecule has 2 atom stereocenters. The first-order chi connectivity index (χ1) is 10.6. The van der Waals surface area contributed by atoms with E-state index in [4.69, 9.17) is 0 Å². The van der Waals surface area contributed by atoms with Crippen LogP contribution in [0.1, 0.15) is 46.6 Å². The molecular formula is C18H30N2O2S. The lowest BCUT2D eigenvalue weighted by Gasteiger charge is -2.21. The summed E-state index contributed by atoms with van der Waals surface area (Å²) in [7, 11) is 0.855. The van der Waals surface area contributed by atoms with Gasteiger partial charge in [-0.2, -0.15) is 0 Å². The van der Waals surface area contributed by atoms with Gasteiger partial charge in [0.05, 0.1) is 0 Å². The number of rotatable bonds is 6. The van der Waals surface area contributed by atoms with Crippen LogP contribution in [0.2, 0.25) is 0 Å². The second-order valence-electron chi connectivity index (χ2n) is 7.13. The highest BCUT2D eigenvalue weighted by molar-refractivity contribution is 7.85. The van der Waals surface area contributed by atoms with Crippen molar-refractivity contribution in [3.05, 3.63) is 29.8 Å². The van der Waals surface area contributed by atoms with E-state index >= 15 is 0 Å². The molecule has 0 saturated heterocycles. The summed E-state index contributed by atoms with van der Waals surface area (Å²) < 4.78 is 12.0. The molecule has 0 unspecified atom stereocenters. The number of nitrogens with zero attached hydrogens (tertiary/aromatic N) is 1. The number of hydrogen-bond donors (Lipinski definition) is 1. The van der Waals surface area contributed by atoms with Crippen LogP contribution in [0.15, 0.2) is 24.3 Å². The molecule has 0 saturated carbocycles. The molecule has 1 aromatic rings. The van der Waals surface area contributed by atoms with Crippen LogP contribution in [-0.2, 0) is 16.6 Å². The van der Waals surface area contributed by atoms with Crippen LogP contribution in [0.25, 0.3) is 0 Å². The van der Waals surface area contributed by atoms with E-state index in [1.165, 1.54) is 0 Å². The van der Waals surface area contributed by atoms with Crippen molar-refractivity contribution in [1.29, 1.82) is 0 Å². The number of benzene rings is 1. The Hall–Kier alpha value is -1.36. The number of carbonyl (C=O) groups excluding carboxylic acids is 1. The third-order valence-corrected chi connectivity index (χ3v) is 5.75. The van der Waals surface area contributed by atoms with Crippen LogP contribution in [0, 0.1) is 5.92 Å². The standard InChI is InChI=1S/C18H30N2O2S/c1-7-14(2)12-20(6)17(21)19-16-10-8-9-15(11-16)13-23(22)18(3,4)5/h8-11,14H,7,12-13H2,1-6H3,(H,19,21)/t14-,23-/m0/s1. The highest BCUT2D eigenvalue weighted by Crippen LogP contribution is 2.19. The fourth-order valence-corrected chi connectivity index (χ4v) is 2.92. The molecule has 0 aliphatic rings. The summed E-state index contributed by atoms with van der Waals surface area (Å²) in [6.45, 7) is 10.9. The molecule has 4 nitrogen and oxygen atoms in total. The lowest BCUT2D eigenvalue weighted by molar-refractivity contribution is 0.215. The van der Waals surface area contributed by atoms with E-state index in [-0.39, 0.29) is 10.8 Å². The van der Waals surface area contributed by atoms with Crippen LogP contribution >= 0.6 is 0 Å². The van der Waals surface area contributed by atoms with E-state index in [0.29, 0.717) is 11.7 Å².